The van der Waals surface area contributed by atoms with Crippen molar-refractivity contribution in [1.29, 1.82) is 0 Å². The Hall–Kier alpha value is -1.62. The van der Waals surface area contributed by atoms with E-state index in [0.717, 1.165) is 18.1 Å². The summed E-state index contributed by atoms with van der Waals surface area (Å²) in [6.45, 7) is 7.69. The SMILES string of the molecule is Cc1cc(Cn2cncn2)oc1CNC(C)C. The van der Waals surface area contributed by atoms with E-state index in [9.17, 15) is 0 Å². The van der Waals surface area contributed by atoms with Gasteiger partial charge in [-0.05, 0) is 18.6 Å². The van der Waals surface area contributed by atoms with Gasteiger partial charge in [-0.1, -0.05) is 13.8 Å². The summed E-state index contributed by atoms with van der Waals surface area (Å²) in [4.78, 5) is 3.90. The number of hydrogen-bond donors (Lipinski definition) is 1. The molecule has 0 fully saturated rings. The van der Waals surface area contributed by atoms with E-state index in [0.29, 0.717) is 12.6 Å². The summed E-state index contributed by atoms with van der Waals surface area (Å²) in [6, 6.07) is 2.51. The highest BCUT2D eigenvalue weighted by molar-refractivity contribution is 5.20. The third-order valence-corrected chi connectivity index (χ3v) is 2.53. The largest absolute Gasteiger partial charge is 0.462 e. The summed E-state index contributed by atoms with van der Waals surface area (Å²) in [5, 5.41) is 7.40. The standard InChI is InChI=1S/C12H18N4O/c1-9(2)14-5-12-10(3)4-11(17-12)6-16-8-13-7-15-16/h4,7-9,14H,5-6H2,1-3H3. The first kappa shape index (κ1) is 11.9. The second-order valence-corrected chi connectivity index (χ2v) is 4.45. The van der Waals surface area contributed by atoms with E-state index >= 15 is 0 Å². The van der Waals surface area contributed by atoms with Crippen LogP contribution in [0.2, 0.25) is 0 Å². The summed E-state index contributed by atoms with van der Waals surface area (Å²) >= 11 is 0. The molecule has 0 saturated carbocycles. The number of nitrogens with zero attached hydrogens (tertiary/aromatic N) is 3. The predicted molar refractivity (Wildman–Crippen MR) is 64.5 cm³/mol. The number of furan rings is 1. The van der Waals surface area contributed by atoms with Crippen LogP contribution in [0.5, 0.6) is 0 Å². The number of hydrogen-bond acceptors (Lipinski definition) is 4. The zero-order valence-electron chi connectivity index (χ0n) is 10.5. The highest BCUT2D eigenvalue weighted by atomic mass is 16.3. The molecule has 5 nitrogen and oxygen atoms in total. The van der Waals surface area contributed by atoms with Crippen molar-refractivity contribution in [2.75, 3.05) is 0 Å². The summed E-state index contributed by atoms with van der Waals surface area (Å²) in [6.07, 6.45) is 3.21. The molecule has 0 aliphatic carbocycles. The van der Waals surface area contributed by atoms with Crippen molar-refractivity contribution in [2.24, 2.45) is 0 Å². The van der Waals surface area contributed by atoms with E-state index in [4.69, 9.17) is 4.42 Å². The fourth-order valence-electron chi connectivity index (χ4n) is 1.61. The molecule has 5 heteroatoms. The molecule has 92 valence electrons. The van der Waals surface area contributed by atoms with Crippen LogP contribution in [-0.2, 0) is 13.1 Å². The van der Waals surface area contributed by atoms with E-state index in [1.165, 1.54) is 11.9 Å². The van der Waals surface area contributed by atoms with Crippen molar-refractivity contribution in [3.63, 3.8) is 0 Å². The quantitative estimate of drug-likeness (QED) is 0.856. The van der Waals surface area contributed by atoms with Crippen molar-refractivity contribution in [2.45, 2.75) is 39.9 Å². The maximum atomic E-state index is 5.79. The number of nitrogens with one attached hydrogen (secondary N) is 1. The number of aromatic nitrogens is 3. The van der Waals surface area contributed by atoms with Crippen LogP contribution in [0.4, 0.5) is 0 Å². The van der Waals surface area contributed by atoms with E-state index in [-0.39, 0.29) is 0 Å². The lowest BCUT2D eigenvalue weighted by Gasteiger charge is -2.06. The van der Waals surface area contributed by atoms with Crippen LogP contribution in [0, 0.1) is 6.92 Å². The lowest BCUT2D eigenvalue weighted by molar-refractivity contribution is 0.419. The Kier molecular flexibility index (Phi) is 3.58. The van der Waals surface area contributed by atoms with Crippen molar-refractivity contribution in [3.8, 4) is 0 Å². The molecule has 17 heavy (non-hydrogen) atoms. The van der Waals surface area contributed by atoms with Gasteiger partial charge in [-0.3, -0.25) is 0 Å². The number of rotatable bonds is 5. The molecule has 0 aliphatic rings. The van der Waals surface area contributed by atoms with Gasteiger partial charge < -0.3 is 9.73 Å². The molecule has 2 aromatic heterocycles. The van der Waals surface area contributed by atoms with E-state index < -0.39 is 0 Å². The summed E-state index contributed by atoms with van der Waals surface area (Å²) in [5.41, 5.74) is 1.17. The van der Waals surface area contributed by atoms with Gasteiger partial charge in [0.2, 0.25) is 0 Å². The Morgan fingerprint density at radius 3 is 2.94 bits per heavy atom. The van der Waals surface area contributed by atoms with Gasteiger partial charge in [0.25, 0.3) is 0 Å². The molecule has 0 bridgehead atoms. The van der Waals surface area contributed by atoms with Crippen LogP contribution >= 0.6 is 0 Å². The van der Waals surface area contributed by atoms with Gasteiger partial charge in [0.1, 0.15) is 30.7 Å². The molecule has 0 aliphatic heterocycles. The molecule has 0 saturated heterocycles. The van der Waals surface area contributed by atoms with Gasteiger partial charge in [-0.15, -0.1) is 0 Å². The minimum Gasteiger partial charge on any atom is -0.462 e. The van der Waals surface area contributed by atoms with Gasteiger partial charge in [0, 0.05) is 6.04 Å². The normalized spacial score (nSPS) is 11.3. The van der Waals surface area contributed by atoms with Gasteiger partial charge in [0.05, 0.1) is 6.54 Å². The van der Waals surface area contributed by atoms with Crippen LogP contribution in [0.25, 0.3) is 0 Å². The molecule has 0 atom stereocenters. The molecule has 0 spiro atoms. The predicted octanol–water partition coefficient (Wildman–Crippen LogP) is 1.73. The summed E-state index contributed by atoms with van der Waals surface area (Å²) in [7, 11) is 0. The maximum absolute atomic E-state index is 5.79. The fourth-order valence-corrected chi connectivity index (χ4v) is 1.61. The average molecular weight is 234 g/mol. The topological polar surface area (TPSA) is 55.9 Å². The third kappa shape index (κ3) is 3.17. The molecule has 0 radical (unpaired) electrons. The Balaban J connectivity index is 2.02. The molecule has 2 rings (SSSR count). The second kappa shape index (κ2) is 5.14. The van der Waals surface area contributed by atoms with E-state index in [2.05, 4.69) is 42.2 Å². The molecule has 0 amide bonds. The van der Waals surface area contributed by atoms with E-state index in [1.807, 2.05) is 0 Å². The molecular formula is C12H18N4O. The maximum Gasteiger partial charge on any atom is 0.137 e. The average Bonchev–Trinajstić information content (AvgIpc) is 2.86. The monoisotopic (exact) mass is 234 g/mol. The van der Waals surface area contributed by atoms with Crippen molar-refractivity contribution >= 4 is 0 Å². The van der Waals surface area contributed by atoms with Crippen molar-refractivity contribution < 1.29 is 4.42 Å². The van der Waals surface area contributed by atoms with Crippen LogP contribution in [0.1, 0.15) is 30.9 Å². The first-order chi connectivity index (χ1) is 8.15. The Labute approximate surface area is 101 Å². The van der Waals surface area contributed by atoms with Gasteiger partial charge in [0.15, 0.2) is 0 Å². The smallest absolute Gasteiger partial charge is 0.137 e. The fraction of sp³-hybridized carbons (Fsp3) is 0.500. The lowest BCUT2D eigenvalue weighted by Crippen LogP contribution is -2.21. The van der Waals surface area contributed by atoms with Crippen LogP contribution in [0.15, 0.2) is 23.1 Å². The molecule has 1 N–H and O–H groups in total. The van der Waals surface area contributed by atoms with Crippen LogP contribution in [-0.4, -0.2) is 20.8 Å². The lowest BCUT2D eigenvalue weighted by atomic mass is 10.2. The van der Waals surface area contributed by atoms with Gasteiger partial charge >= 0.3 is 0 Å². The molecular weight excluding hydrogens is 216 g/mol. The summed E-state index contributed by atoms with van der Waals surface area (Å²) < 4.78 is 7.53. The van der Waals surface area contributed by atoms with E-state index in [1.54, 1.807) is 11.0 Å². The number of aryl methyl sites for hydroxylation is 1. The van der Waals surface area contributed by atoms with Crippen LogP contribution in [0.3, 0.4) is 0 Å². The Morgan fingerprint density at radius 2 is 2.29 bits per heavy atom. The molecule has 0 unspecified atom stereocenters. The van der Waals surface area contributed by atoms with Gasteiger partial charge in [-0.2, -0.15) is 5.10 Å². The first-order valence-corrected chi connectivity index (χ1v) is 5.79. The second-order valence-electron chi connectivity index (χ2n) is 4.45. The highest BCUT2D eigenvalue weighted by Gasteiger charge is 2.08. The Bertz CT molecular complexity index is 459. The van der Waals surface area contributed by atoms with Crippen LogP contribution < -0.4 is 5.32 Å². The highest BCUT2D eigenvalue weighted by Crippen LogP contribution is 2.15. The van der Waals surface area contributed by atoms with Crippen molar-refractivity contribution in [3.05, 3.63) is 35.8 Å². The van der Waals surface area contributed by atoms with Gasteiger partial charge in [-0.25, -0.2) is 9.67 Å². The third-order valence-electron chi connectivity index (χ3n) is 2.53. The zero-order chi connectivity index (χ0) is 12.3. The molecule has 2 heterocycles. The zero-order valence-corrected chi connectivity index (χ0v) is 10.5. The minimum atomic E-state index is 0.457. The minimum absolute atomic E-state index is 0.457. The first-order valence-electron chi connectivity index (χ1n) is 5.79. The molecule has 0 aromatic carbocycles. The summed E-state index contributed by atoms with van der Waals surface area (Å²) in [5.74, 6) is 1.90. The van der Waals surface area contributed by atoms with Crippen molar-refractivity contribution in [1.82, 2.24) is 20.1 Å². The molecule has 2 aromatic rings. The Morgan fingerprint density at radius 1 is 1.47 bits per heavy atom.